The molecule has 1 fully saturated rings. The van der Waals surface area contributed by atoms with Crippen LogP contribution in [-0.2, 0) is 9.59 Å². The van der Waals surface area contributed by atoms with Crippen LogP contribution >= 0.6 is 0 Å². The van der Waals surface area contributed by atoms with Gasteiger partial charge in [-0.25, -0.2) is 14.1 Å². The Kier molecular flexibility index (Phi) is 5.97. The SMILES string of the molecule is O=C1NC(=O)N(c2ccc(Oc3ccccc3)cc2)C(=O)/C1=C/c1c(-c2ccc(F)cc2)[nH]c2ccccc12. The molecule has 190 valence electrons. The summed E-state index contributed by atoms with van der Waals surface area (Å²) in [6.45, 7) is 0. The molecule has 7 nitrogen and oxygen atoms in total. The summed E-state index contributed by atoms with van der Waals surface area (Å²) in [6, 6.07) is 28.0. The number of ether oxygens (including phenoxy) is 1. The van der Waals surface area contributed by atoms with Crippen molar-refractivity contribution in [3.05, 3.63) is 120 Å². The number of hydrogen-bond donors (Lipinski definition) is 2. The lowest BCUT2D eigenvalue weighted by molar-refractivity contribution is -0.122. The zero-order chi connectivity index (χ0) is 26.9. The number of fused-ring (bicyclic) bond motifs is 1. The number of para-hydroxylation sites is 2. The molecule has 5 aromatic rings. The lowest BCUT2D eigenvalue weighted by Crippen LogP contribution is -2.54. The number of barbiturate groups is 1. The van der Waals surface area contributed by atoms with E-state index in [2.05, 4.69) is 10.3 Å². The molecule has 8 heteroatoms. The normalized spacial score (nSPS) is 14.6. The lowest BCUT2D eigenvalue weighted by Gasteiger charge is -2.26. The second-order valence-electron chi connectivity index (χ2n) is 8.83. The van der Waals surface area contributed by atoms with Gasteiger partial charge in [-0.05, 0) is 78.4 Å². The van der Waals surface area contributed by atoms with Crippen molar-refractivity contribution < 1.29 is 23.5 Å². The molecule has 0 aliphatic carbocycles. The van der Waals surface area contributed by atoms with Gasteiger partial charge >= 0.3 is 6.03 Å². The second kappa shape index (κ2) is 9.75. The van der Waals surface area contributed by atoms with Gasteiger partial charge in [-0.2, -0.15) is 0 Å². The van der Waals surface area contributed by atoms with Gasteiger partial charge in [-0.15, -0.1) is 0 Å². The topological polar surface area (TPSA) is 91.5 Å². The number of rotatable bonds is 5. The van der Waals surface area contributed by atoms with E-state index in [-0.39, 0.29) is 17.1 Å². The number of hydrogen-bond acceptors (Lipinski definition) is 4. The van der Waals surface area contributed by atoms with Crippen LogP contribution in [0, 0.1) is 5.82 Å². The molecule has 0 bridgehead atoms. The maximum Gasteiger partial charge on any atom is 0.335 e. The summed E-state index contributed by atoms with van der Waals surface area (Å²) >= 11 is 0. The van der Waals surface area contributed by atoms with Crippen LogP contribution < -0.4 is 15.0 Å². The van der Waals surface area contributed by atoms with Gasteiger partial charge in [0.05, 0.1) is 11.4 Å². The minimum Gasteiger partial charge on any atom is -0.457 e. The van der Waals surface area contributed by atoms with Crippen LogP contribution in [0.15, 0.2) is 109 Å². The Morgan fingerprint density at radius 3 is 2.15 bits per heavy atom. The van der Waals surface area contributed by atoms with E-state index < -0.39 is 17.8 Å². The van der Waals surface area contributed by atoms with Crippen LogP contribution in [0.2, 0.25) is 0 Å². The van der Waals surface area contributed by atoms with Gasteiger partial charge in [0.25, 0.3) is 11.8 Å². The smallest absolute Gasteiger partial charge is 0.335 e. The van der Waals surface area contributed by atoms with E-state index in [4.69, 9.17) is 4.74 Å². The first-order valence-electron chi connectivity index (χ1n) is 12.1. The summed E-state index contributed by atoms with van der Waals surface area (Å²) in [5.41, 5.74) is 2.67. The number of aromatic nitrogens is 1. The highest BCUT2D eigenvalue weighted by Crippen LogP contribution is 2.34. The van der Waals surface area contributed by atoms with Crippen molar-refractivity contribution in [2.24, 2.45) is 0 Å². The molecule has 1 aliphatic rings. The first kappa shape index (κ1) is 23.9. The predicted octanol–water partition coefficient (Wildman–Crippen LogP) is 6.43. The van der Waals surface area contributed by atoms with E-state index >= 15 is 0 Å². The van der Waals surface area contributed by atoms with Gasteiger partial charge in [0, 0.05) is 16.5 Å². The van der Waals surface area contributed by atoms with Crippen molar-refractivity contribution in [1.29, 1.82) is 0 Å². The van der Waals surface area contributed by atoms with Crippen LogP contribution in [0.1, 0.15) is 5.56 Å². The summed E-state index contributed by atoms with van der Waals surface area (Å²) in [7, 11) is 0. The molecule has 4 aromatic carbocycles. The molecule has 0 radical (unpaired) electrons. The van der Waals surface area contributed by atoms with Gasteiger partial charge in [0.1, 0.15) is 22.9 Å². The molecule has 0 atom stereocenters. The van der Waals surface area contributed by atoms with Crippen molar-refractivity contribution in [3.63, 3.8) is 0 Å². The fourth-order valence-corrected chi connectivity index (χ4v) is 4.48. The number of aromatic amines is 1. The van der Waals surface area contributed by atoms with Crippen LogP contribution in [0.25, 0.3) is 28.2 Å². The standard InChI is InChI=1S/C31H20FN3O4/c32-20-12-10-19(11-13-20)28-25(24-8-4-5-9-27(24)33-28)18-26-29(36)34-31(38)35(30(26)37)21-14-16-23(17-15-21)39-22-6-2-1-3-7-22/h1-18,33H,(H,34,36,38)/b26-18+. The minimum atomic E-state index is -0.850. The number of urea groups is 1. The quantitative estimate of drug-likeness (QED) is 0.208. The van der Waals surface area contributed by atoms with Gasteiger partial charge < -0.3 is 9.72 Å². The number of benzene rings is 4. The van der Waals surface area contributed by atoms with Gasteiger partial charge in [0.15, 0.2) is 0 Å². The monoisotopic (exact) mass is 517 g/mol. The Hall–Kier alpha value is -5.50. The summed E-state index contributed by atoms with van der Waals surface area (Å²) in [4.78, 5) is 43.4. The zero-order valence-corrected chi connectivity index (χ0v) is 20.4. The molecule has 0 saturated carbocycles. The number of imide groups is 2. The number of amides is 4. The molecular formula is C31H20FN3O4. The Morgan fingerprint density at radius 1 is 0.744 bits per heavy atom. The maximum absolute atomic E-state index is 13.6. The van der Waals surface area contributed by atoms with Crippen molar-refractivity contribution in [1.82, 2.24) is 10.3 Å². The number of nitrogens with one attached hydrogen (secondary N) is 2. The van der Waals surface area contributed by atoms with E-state index in [1.807, 2.05) is 54.6 Å². The second-order valence-corrected chi connectivity index (χ2v) is 8.83. The van der Waals surface area contributed by atoms with E-state index in [0.717, 1.165) is 15.8 Å². The minimum absolute atomic E-state index is 0.215. The van der Waals surface area contributed by atoms with Crippen molar-refractivity contribution in [3.8, 4) is 22.8 Å². The third-order valence-corrected chi connectivity index (χ3v) is 6.34. The number of carbonyl (C=O) groups is 3. The summed E-state index contributed by atoms with van der Waals surface area (Å²) in [5, 5.41) is 3.02. The average molecular weight is 518 g/mol. The molecule has 0 unspecified atom stereocenters. The number of anilines is 1. The first-order valence-corrected chi connectivity index (χ1v) is 12.1. The highest BCUT2D eigenvalue weighted by molar-refractivity contribution is 6.39. The average Bonchev–Trinajstić information content (AvgIpc) is 3.31. The maximum atomic E-state index is 13.6. The number of halogens is 1. The molecular weight excluding hydrogens is 497 g/mol. The lowest BCUT2D eigenvalue weighted by atomic mass is 10.0. The Labute approximate surface area is 222 Å². The molecule has 1 saturated heterocycles. The first-order chi connectivity index (χ1) is 19.0. The molecule has 0 spiro atoms. The fourth-order valence-electron chi connectivity index (χ4n) is 4.48. The summed E-state index contributed by atoms with van der Waals surface area (Å²) in [6.07, 6.45) is 1.46. The summed E-state index contributed by atoms with van der Waals surface area (Å²) < 4.78 is 19.4. The highest BCUT2D eigenvalue weighted by Gasteiger charge is 2.37. The molecule has 4 amide bonds. The van der Waals surface area contributed by atoms with Crippen LogP contribution in [-0.4, -0.2) is 22.8 Å². The molecule has 2 heterocycles. The third-order valence-electron chi connectivity index (χ3n) is 6.34. The third kappa shape index (κ3) is 4.55. The summed E-state index contributed by atoms with van der Waals surface area (Å²) in [5.74, 6) is -0.796. The van der Waals surface area contributed by atoms with Crippen molar-refractivity contribution >= 4 is 40.5 Å². The van der Waals surface area contributed by atoms with Crippen molar-refractivity contribution in [2.75, 3.05) is 4.90 Å². The van der Waals surface area contributed by atoms with E-state index in [0.29, 0.717) is 28.3 Å². The number of H-pyrrole nitrogens is 1. The highest BCUT2D eigenvalue weighted by atomic mass is 19.1. The zero-order valence-electron chi connectivity index (χ0n) is 20.4. The van der Waals surface area contributed by atoms with E-state index in [9.17, 15) is 18.8 Å². The van der Waals surface area contributed by atoms with Gasteiger partial charge in [-0.1, -0.05) is 36.4 Å². The molecule has 1 aromatic heterocycles. The van der Waals surface area contributed by atoms with Gasteiger partial charge in [-0.3, -0.25) is 14.9 Å². The predicted molar refractivity (Wildman–Crippen MR) is 146 cm³/mol. The van der Waals surface area contributed by atoms with Crippen molar-refractivity contribution in [2.45, 2.75) is 0 Å². The Morgan fingerprint density at radius 2 is 1.41 bits per heavy atom. The van der Waals surface area contributed by atoms with E-state index in [1.165, 1.54) is 18.2 Å². The largest absolute Gasteiger partial charge is 0.457 e. The Bertz CT molecular complexity index is 1760. The molecule has 39 heavy (non-hydrogen) atoms. The molecule has 6 rings (SSSR count). The van der Waals surface area contributed by atoms with Crippen LogP contribution in [0.5, 0.6) is 11.5 Å². The van der Waals surface area contributed by atoms with Crippen LogP contribution in [0.3, 0.4) is 0 Å². The number of carbonyl (C=O) groups excluding carboxylic acids is 3. The van der Waals surface area contributed by atoms with E-state index in [1.54, 1.807) is 36.4 Å². The Balaban J connectivity index is 1.38. The number of nitrogens with zero attached hydrogens (tertiary/aromatic N) is 1. The van der Waals surface area contributed by atoms with Gasteiger partial charge in [0.2, 0.25) is 0 Å². The molecule has 2 N–H and O–H groups in total. The van der Waals surface area contributed by atoms with Crippen LogP contribution in [0.4, 0.5) is 14.9 Å². The fraction of sp³-hybridized carbons (Fsp3) is 0. The molecule has 1 aliphatic heterocycles.